The van der Waals surface area contributed by atoms with Crippen LogP contribution >= 0.6 is 0 Å². The van der Waals surface area contributed by atoms with E-state index in [1.165, 1.54) is 6.19 Å². The van der Waals surface area contributed by atoms with Gasteiger partial charge in [0.15, 0.2) is 0 Å². The second-order valence-corrected chi connectivity index (χ2v) is 0.637. The molecule has 4 N–H and O–H groups in total. The van der Waals surface area contributed by atoms with E-state index in [9.17, 15) is 0 Å². The summed E-state index contributed by atoms with van der Waals surface area (Å²) in [7, 11) is 0. The Labute approximate surface area is 64.5 Å². The normalized spacial score (nSPS) is 5.25. The van der Waals surface area contributed by atoms with Crippen molar-refractivity contribution in [1.29, 1.82) is 5.26 Å². The van der Waals surface area contributed by atoms with Gasteiger partial charge in [0, 0.05) is 0 Å². The fourth-order valence-corrected chi connectivity index (χ4v) is 0.0577. The van der Waals surface area contributed by atoms with Crippen molar-refractivity contribution in [3.8, 4) is 6.19 Å². The third-order valence-electron chi connectivity index (χ3n) is 0.179. The number of nitriles is 1. The minimum absolute atomic E-state index is 0.197. The van der Waals surface area contributed by atoms with Crippen molar-refractivity contribution in [1.82, 2.24) is 0 Å². The zero-order valence-corrected chi connectivity index (χ0v) is 10.3. The molecule has 0 atom stereocenters. The molecule has 0 aliphatic rings. The van der Waals surface area contributed by atoms with Crippen LogP contribution < -0.4 is 11.5 Å². The summed E-state index contributed by atoms with van der Waals surface area (Å²) in [4.78, 5) is 2.90. The van der Waals surface area contributed by atoms with E-state index in [2.05, 4.69) is 9.42 Å². The molecule has 0 amide bonds. The Kier molecular flexibility index (Phi) is 13.1. The van der Waals surface area contributed by atoms with E-state index >= 15 is 0 Å². The molecule has 0 fully saturated rings. The first-order valence-corrected chi connectivity index (χ1v) is 7.45. The average molecular weight is 300 g/mol. The fourth-order valence-electron chi connectivity index (χ4n) is 0.0577. The third kappa shape index (κ3) is 17.3. The maximum atomic E-state index is 7.64. The van der Waals surface area contributed by atoms with Gasteiger partial charge in [0.1, 0.15) is 0 Å². The van der Waals surface area contributed by atoms with Crippen molar-refractivity contribution in [2.24, 2.45) is 16.5 Å². The Morgan fingerprint density at radius 3 is 2.00 bits per heavy atom. The zero-order valence-electron chi connectivity index (χ0n) is 4.76. The van der Waals surface area contributed by atoms with E-state index in [1.54, 1.807) is 0 Å². The first-order chi connectivity index (χ1) is 3.77. The van der Waals surface area contributed by atoms with Gasteiger partial charge in [0.2, 0.25) is 12.2 Å². The van der Waals surface area contributed by atoms with Crippen LogP contribution in [0.4, 0.5) is 0 Å². The van der Waals surface area contributed by atoms with E-state index in [4.69, 9.17) is 16.7 Å². The molecule has 0 aliphatic carbocycles. The summed E-state index contributed by atoms with van der Waals surface area (Å²) in [5.74, 6) is -0.197. The summed E-state index contributed by atoms with van der Waals surface area (Å²) in [6.07, 6.45) is 1.41. The van der Waals surface area contributed by atoms with Crippen molar-refractivity contribution in [3.05, 3.63) is 0 Å². The van der Waals surface area contributed by atoms with Crippen molar-refractivity contribution in [2.45, 2.75) is 4.43 Å². The Bertz CT molecular complexity index is 98.3. The summed E-state index contributed by atoms with van der Waals surface area (Å²) in [5, 5.41) is 7.64. The van der Waals surface area contributed by atoms with Gasteiger partial charge in [-0.05, 0) is 0 Å². The van der Waals surface area contributed by atoms with Crippen LogP contribution in [0.1, 0.15) is 0 Å². The quantitative estimate of drug-likeness (QED) is 0.269. The summed E-state index contributed by atoms with van der Waals surface area (Å²) in [6.45, 7) is 0. The predicted molar refractivity (Wildman–Crippen MR) is 27.3 cm³/mol. The molecule has 0 heterocycles. The molecule has 5 heteroatoms. The van der Waals surface area contributed by atoms with Crippen LogP contribution in [0.5, 0.6) is 0 Å². The van der Waals surface area contributed by atoms with Crippen LogP contribution in [0.15, 0.2) is 4.99 Å². The van der Waals surface area contributed by atoms with E-state index in [-0.39, 0.29) is 5.96 Å². The van der Waals surface area contributed by atoms with Gasteiger partial charge in [-0.1, -0.05) is 0 Å². The van der Waals surface area contributed by atoms with Crippen molar-refractivity contribution in [3.63, 3.8) is 0 Å². The molecule has 0 rings (SSSR count). The van der Waals surface area contributed by atoms with E-state index < -0.39 is 0 Å². The van der Waals surface area contributed by atoms with Gasteiger partial charge in [-0.25, -0.2) is 0 Å². The van der Waals surface area contributed by atoms with Crippen molar-refractivity contribution >= 4 is 5.96 Å². The molecule has 0 unspecified atom stereocenters. The monoisotopic (exact) mass is 301 g/mol. The molecule has 0 radical (unpaired) electrons. The van der Waals surface area contributed by atoms with Crippen LogP contribution in [0.3, 0.4) is 0 Å². The average Bonchev–Trinajstić information content (AvgIpc) is 1.72. The number of nitrogens with zero attached hydrogens (tertiary/aromatic N) is 2. The molecule has 0 aliphatic heterocycles. The summed E-state index contributed by atoms with van der Waals surface area (Å²) >= 11 is 1.03. The van der Waals surface area contributed by atoms with Crippen LogP contribution in [0.25, 0.3) is 0 Å². The summed E-state index contributed by atoms with van der Waals surface area (Å²) in [5.41, 5.74) is 9.42. The maximum absolute atomic E-state index is 7.64. The standard InChI is InChI=1S/C2H4N4.CH3.Hg/c3-1-6-2(4)5;;/h(H4,4,5,6);1H3;/q;;+1. The summed E-state index contributed by atoms with van der Waals surface area (Å²) < 4.78 is 2.19. The SMILES string of the molecule is N#CN=C(N)N.[CH3][Hg+]. The second kappa shape index (κ2) is 9.85. The molecular weight excluding hydrogens is 293 g/mol. The predicted octanol–water partition coefficient (Wildman–Crippen LogP) is -0.678. The topological polar surface area (TPSA) is 88.2 Å². The first-order valence-electron chi connectivity index (χ1n) is 1.96. The second-order valence-electron chi connectivity index (χ2n) is 0.637. The first kappa shape index (κ1) is 10.6. The van der Waals surface area contributed by atoms with Crippen molar-refractivity contribution < 1.29 is 26.1 Å². The van der Waals surface area contributed by atoms with Crippen LogP contribution in [-0.4, -0.2) is 5.96 Å². The molecule has 0 bridgehead atoms. The molecule has 4 nitrogen and oxygen atoms in total. The van der Waals surface area contributed by atoms with Gasteiger partial charge < -0.3 is 11.5 Å². The van der Waals surface area contributed by atoms with E-state index in [1.807, 2.05) is 0 Å². The number of aliphatic imine (C=N–C) groups is 1. The molecule has 0 saturated carbocycles. The molecule has 40 valence electrons. The number of nitrogens with two attached hydrogens (primary N) is 2. The number of rotatable bonds is 0. The number of hydrogen-bond acceptors (Lipinski definition) is 2. The van der Waals surface area contributed by atoms with Gasteiger partial charge in [0.25, 0.3) is 0 Å². The Balaban J connectivity index is 0. The van der Waals surface area contributed by atoms with Gasteiger partial charge >= 0.3 is 30.6 Å². The van der Waals surface area contributed by atoms with Gasteiger partial charge in [0.05, 0.1) is 0 Å². The van der Waals surface area contributed by atoms with Gasteiger partial charge in [-0.2, -0.15) is 5.26 Å². The molecule has 0 aromatic heterocycles. The molecule has 0 saturated heterocycles. The van der Waals surface area contributed by atoms with Gasteiger partial charge in [-0.15, -0.1) is 4.99 Å². The Morgan fingerprint density at radius 2 is 2.00 bits per heavy atom. The van der Waals surface area contributed by atoms with Crippen molar-refractivity contribution in [2.75, 3.05) is 0 Å². The Morgan fingerprint density at radius 1 is 1.62 bits per heavy atom. The molecular formula is C3H7HgN4+. The molecule has 0 aromatic rings. The Hall–Kier alpha value is -0.305. The van der Waals surface area contributed by atoms with E-state index in [0.29, 0.717) is 0 Å². The third-order valence-corrected chi connectivity index (χ3v) is 0.179. The van der Waals surface area contributed by atoms with Gasteiger partial charge in [-0.3, -0.25) is 0 Å². The van der Waals surface area contributed by atoms with Crippen LogP contribution in [0.2, 0.25) is 4.43 Å². The van der Waals surface area contributed by atoms with Crippen LogP contribution in [0, 0.1) is 11.5 Å². The zero-order chi connectivity index (χ0) is 6.99. The van der Waals surface area contributed by atoms with E-state index in [0.717, 1.165) is 26.1 Å². The molecule has 0 spiro atoms. The fraction of sp³-hybridized carbons (Fsp3) is 0.333. The number of guanidine groups is 1. The summed E-state index contributed by atoms with van der Waals surface area (Å²) in [6, 6.07) is 0. The number of hydrogen-bond donors (Lipinski definition) is 2. The molecule has 8 heavy (non-hydrogen) atoms. The van der Waals surface area contributed by atoms with Crippen LogP contribution in [-0.2, 0) is 26.1 Å². The minimum atomic E-state index is -0.197. The molecule has 0 aromatic carbocycles.